The van der Waals surface area contributed by atoms with E-state index in [1.54, 1.807) is 0 Å². The Hall–Kier alpha value is -7.65. The van der Waals surface area contributed by atoms with Crippen LogP contribution in [0.25, 0.3) is 70.9 Å². The van der Waals surface area contributed by atoms with Gasteiger partial charge in [0, 0.05) is 45.0 Å². The van der Waals surface area contributed by atoms with Crippen molar-refractivity contribution < 1.29 is 0 Å². The fourth-order valence-corrected chi connectivity index (χ4v) is 13.8. The van der Waals surface area contributed by atoms with Crippen LogP contribution in [0.4, 0.5) is 11.4 Å². The van der Waals surface area contributed by atoms with Crippen LogP contribution in [0.5, 0.6) is 0 Å². The fourth-order valence-electron chi connectivity index (χ4n) is 12.3. The highest BCUT2D eigenvalue weighted by Crippen LogP contribution is 2.60. The van der Waals surface area contributed by atoms with Crippen LogP contribution in [0.15, 0.2) is 247 Å². The van der Waals surface area contributed by atoms with Crippen LogP contribution >= 0.6 is 11.8 Å². The van der Waals surface area contributed by atoms with E-state index in [9.17, 15) is 0 Å². The summed E-state index contributed by atoms with van der Waals surface area (Å²) in [6.07, 6.45) is 14.4. The molecule has 0 saturated carbocycles. The second kappa shape index (κ2) is 15.0. The smallest absolute Gasteiger partial charge is 0.0497 e. The molecule has 2 heteroatoms. The highest BCUT2D eigenvalue weighted by atomic mass is 32.2. The monoisotopic (exact) mass is 857 g/mol. The SMILES string of the molecule is C1=CC2c3c(cccc3-c3c4ccccc4c(-c4ccccc4)c4ccccc34)SC2C(c2c3ccccc3c(C3C=CC=C4C3c3ccccc3N4c3ccccc3)c3ccccc23)=C1. The van der Waals surface area contributed by atoms with Gasteiger partial charge in [0.05, 0.1) is 0 Å². The van der Waals surface area contributed by atoms with Crippen molar-refractivity contribution in [3.05, 3.63) is 265 Å². The summed E-state index contributed by atoms with van der Waals surface area (Å²) in [5.74, 6) is 0.525. The van der Waals surface area contributed by atoms with E-state index >= 15 is 0 Å². The predicted octanol–water partition coefficient (Wildman–Crippen LogP) is 17.3. The topological polar surface area (TPSA) is 3.24 Å². The molecule has 14 rings (SSSR count). The highest BCUT2D eigenvalue weighted by molar-refractivity contribution is 8.00. The number of anilines is 2. The van der Waals surface area contributed by atoms with E-state index < -0.39 is 0 Å². The molecule has 0 fully saturated rings. The van der Waals surface area contributed by atoms with E-state index in [2.05, 4.69) is 253 Å². The van der Waals surface area contributed by atoms with E-state index in [-0.39, 0.29) is 23.0 Å². The molecule has 4 aliphatic rings. The third-order valence-electron chi connectivity index (χ3n) is 14.8. The van der Waals surface area contributed by atoms with Gasteiger partial charge in [-0.15, -0.1) is 11.8 Å². The lowest BCUT2D eigenvalue weighted by Gasteiger charge is -2.32. The molecule has 1 nitrogen and oxygen atoms in total. The minimum atomic E-state index is 0.141. The predicted molar refractivity (Wildman–Crippen MR) is 281 cm³/mol. The maximum absolute atomic E-state index is 2.49. The number of hydrogen-bond acceptors (Lipinski definition) is 2. The Morgan fingerprint density at radius 1 is 0.394 bits per heavy atom. The van der Waals surface area contributed by atoms with Gasteiger partial charge >= 0.3 is 0 Å². The van der Waals surface area contributed by atoms with E-state index in [4.69, 9.17) is 0 Å². The highest BCUT2D eigenvalue weighted by Gasteiger charge is 2.43. The zero-order valence-electron chi connectivity index (χ0n) is 36.2. The second-order valence-electron chi connectivity index (χ2n) is 18.1. The van der Waals surface area contributed by atoms with E-state index in [0.29, 0.717) is 0 Å². The number of para-hydroxylation sites is 2. The lowest BCUT2D eigenvalue weighted by Crippen LogP contribution is -2.19. The van der Waals surface area contributed by atoms with Gasteiger partial charge in [0.15, 0.2) is 0 Å². The van der Waals surface area contributed by atoms with Crippen molar-refractivity contribution in [1.82, 2.24) is 0 Å². The Labute approximate surface area is 389 Å². The van der Waals surface area contributed by atoms with Gasteiger partial charge in [-0.3, -0.25) is 0 Å². The Kier molecular flexibility index (Phi) is 8.54. The van der Waals surface area contributed by atoms with Gasteiger partial charge in [-0.1, -0.05) is 206 Å². The Morgan fingerprint density at radius 3 is 1.59 bits per heavy atom. The van der Waals surface area contributed by atoms with Crippen molar-refractivity contribution in [1.29, 1.82) is 0 Å². The number of thioether (sulfide) groups is 1. The van der Waals surface area contributed by atoms with Crippen LogP contribution in [0.2, 0.25) is 0 Å². The van der Waals surface area contributed by atoms with Crippen LogP contribution in [0, 0.1) is 0 Å². The van der Waals surface area contributed by atoms with Gasteiger partial charge in [-0.2, -0.15) is 0 Å². The molecule has 0 spiro atoms. The molecule has 2 heterocycles. The minimum absolute atomic E-state index is 0.141. The fraction of sp³-hybridized carbons (Fsp3) is 0.0625. The molecule has 0 bridgehead atoms. The summed E-state index contributed by atoms with van der Waals surface area (Å²) in [5, 5.41) is 10.7. The largest absolute Gasteiger partial charge is 0.313 e. The minimum Gasteiger partial charge on any atom is -0.313 e. The van der Waals surface area contributed by atoms with Crippen LogP contribution in [0.1, 0.15) is 40.0 Å². The molecular weight excluding hydrogens is 815 g/mol. The van der Waals surface area contributed by atoms with Gasteiger partial charge in [0.1, 0.15) is 0 Å². The van der Waals surface area contributed by atoms with Crippen LogP contribution in [0.3, 0.4) is 0 Å². The Morgan fingerprint density at radius 2 is 0.924 bits per heavy atom. The number of hydrogen-bond donors (Lipinski definition) is 0. The lowest BCUT2D eigenvalue weighted by molar-refractivity contribution is 0.716. The molecule has 310 valence electrons. The molecule has 0 N–H and O–H groups in total. The van der Waals surface area contributed by atoms with Gasteiger partial charge in [0.25, 0.3) is 0 Å². The van der Waals surface area contributed by atoms with E-state index in [1.807, 2.05) is 0 Å². The zero-order valence-corrected chi connectivity index (χ0v) is 37.0. The summed E-state index contributed by atoms with van der Waals surface area (Å²) in [5.41, 5.74) is 16.0. The third-order valence-corrected chi connectivity index (χ3v) is 16.2. The van der Waals surface area contributed by atoms with Crippen LogP contribution in [-0.2, 0) is 0 Å². The van der Waals surface area contributed by atoms with Crippen molar-refractivity contribution in [2.45, 2.75) is 27.9 Å². The third kappa shape index (κ3) is 5.49. The molecule has 0 amide bonds. The first-order chi connectivity index (χ1) is 32.8. The Bertz CT molecular complexity index is 3650. The van der Waals surface area contributed by atoms with Gasteiger partial charge in [0.2, 0.25) is 0 Å². The number of nitrogens with zero attached hydrogens (tertiary/aromatic N) is 1. The first kappa shape index (κ1) is 37.7. The average molecular weight is 858 g/mol. The van der Waals surface area contributed by atoms with E-state index in [0.717, 1.165) is 0 Å². The molecule has 0 aromatic heterocycles. The summed E-state index contributed by atoms with van der Waals surface area (Å²) in [6, 6.07) is 74.6. The standard InChI is InChI=1S/C64H43NS/c1-3-20-40(21-4-1)58-42-24-7-9-26-44(42)60(45-27-10-8-25-43(45)58)52-34-19-39-57-63(52)54-36-17-35-53(64(54)66-57)61-48-30-13-11-28-46(48)59(47-29-12-14-31-49(47)61)51-33-18-38-56-62(51)50-32-15-16-37-55(50)65(56)41-22-5-2-6-23-41/h1-39,51,54,62,64H. The number of allylic oxidation sites excluding steroid dienone is 7. The van der Waals surface area contributed by atoms with Gasteiger partial charge in [-0.25, -0.2) is 0 Å². The molecule has 2 aliphatic heterocycles. The number of rotatable bonds is 5. The zero-order chi connectivity index (χ0) is 43.3. The Balaban J connectivity index is 0.932. The van der Waals surface area contributed by atoms with Crippen molar-refractivity contribution >= 4 is 71.8 Å². The summed E-state index contributed by atoms with van der Waals surface area (Å²) >= 11 is 2.05. The van der Waals surface area contributed by atoms with Gasteiger partial charge in [-0.05, 0) is 124 Å². The summed E-state index contributed by atoms with van der Waals surface area (Å²) < 4.78 is 0. The van der Waals surface area contributed by atoms with E-state index in [1.165, 1.54) is 115 Å². The van der Waals surface area contributed by atoms with Crippen molar-refractivity contribution in [2.75, 3.05) is 4.90 Å². The normalized spacial score (nSPS) is 19.2. The maximum atomic E-state index is 2.49. The van der Waals surface area contributed by atoms with Gasteiger partial charge < -0.3 is 4.90 Å². The molecule has 4 unspecified atom stereocenters. The van der Waals surface area contributed by atoms with Crippen LogP contribution in [-0.4, -0.2) is 5.25 Å². The molecule has 10 aromatic carbocycles. The van der Waals surface area contributed by atoms with Crippen molar-refractivity contribution in [2.24, 2.45) is 0 Å². The van der Waals surface area contributed by atoms with Crippen molar-refractivity contribution in [3.63, 3.8) is 0 Å². The molecule has 10 aromatic rings. The van der Waals surface area contributed by atoms with Crippen LogP contribution < -0.4 is 4.90 Å². The van der Waals surface area contributed by atoms with Crippen molar-refractivity contribution in [3.8, 4) is 22.3 Å². The average Bonchev–Trinajstić information content (AvgIpc) is 3.94. The first-order valence-corrected chi connectivity index (χ1v) is 24.1. The molecule has 0 radical (unpaired) electrons. The first-order valence-electron chi connectivity index (χ1n) is 23.3. The molecule has 4 atom stereocenters. The number of fused-ring (bicyclic) bond motifs is 10. The summed E-state index contributed by atoms with van der Waals surface area (Å²) in [7, 11) is 0. The maximum Gasteiger partial charge on any atom is 0.0497 e. The molecule has 0 saturated heterocycles. The lowest BCUT2D eigenvalue weighted by atomic mass is 9.73. The second-order valence-corrected chi connectivity index (χ2v) is 19.3. The summed E-state index contributed by atoms with van der Waals surface area (Å²) in [4.78, 5) is 3.86. The number of benzene rings is 10. The quantitative estimate of drug-likeness (QED) is 0.159. The summed E-state index contributed by atoms with van der Waals surface area (Å²) in [6.45, 7) is 0. The molecule has 2 aliphatic carbocycles. The molecular formula is C64H43NS. The molecule has 66 heavy (non-hydrogen) atoms.